The largest absolute Gasteiger partial charge is 0.497 e. The zero-order valence-corrected chi connectivity index (χ0v) is 18.9. The van der Waals surface area contributed by atoms with Gasteiger partial charge in [-0.05, 0) is 55.0 Å². The van der Waals surface area contributed by atoms with Crippen molar-refractivity contribution in [1.82, 2.24) is 4.72 Å². The van der Waals surface area contributed by atoms with E-state index in [2.05, 4.69) is 4.72 Å². The van der Waals surface area contributed by atoms with Crippen molar-refractivity contribution >= 4 is 10.0 Å². The van der Waals surface area contributed by atoms with Gasteiger partial charge in [-0.25, -0.2) is 13.1 Å². The van der Waals surface area contributed by atoms with Crippen LogP contribution >= 0.6 is 0 Å². The second-order valence-corrected chi connectivity index (χ2v) is 9.21. The van der Waals surface area contributed by atoms with E-state index in [1.54, 1.807) is 44.6 Å². The van der Waals surface area contributed by atoms with E-state index in [-0.39, 0.29) is 24.2 Å². The number of rotatable bonds is 8. The van der Waals surface area contributed by atoms with Crippen LogP contribution in [0.2, 0.25) is 0 Å². The van der Waals surface area contributed by atoms with Gasteiger partial charge in [-0.1, -0.05) is 23.8 Å². The zero-order chi connectivity index (χ0) is 22.7. The van der Waals surface area contributed by atoms with Crippen LogP contribution in [0.4, 0.5) is 0 Å². The van der Waals surface area contributed by atoms with Gasteiger partial charge in [0.1, 0.15) is 11.5 Å². The molecule has 3 aromatic rings. The highest BCUT2D eigenvalue weighted by Gasteiger charge is 2.25. The van der Waals surface area contributed by atoms with E-state index in [0.29, 0.717) is 23.0 Å². The van der Waals surface area contributed by atoms with Crippen molar-refractivity contribution in [1.29, 1.82) is 0 Å². The molecule has 1 unspecified atom stereocenters. The van der Waals surface area contributed by atoms with Crippen molar-refractivity contribution in [2.24, 2.45) is 0 Å². The number of fused-ring (bicyclic) bond motifs is 1. The van der Waals surface area contributed by atoms with Gasteiger partial charge in [0.2, 0.25) is 16.8 Å². The molecule has 0 bridgehead atoms. The Morgan fingerprint density at radius 1 is 0.938 bits per heavy atom. The molecule has 0 amide bonds. The molecule has 32 heavy (non-hydrogen) atoms. The first-order chi connectivity index (χ1) is 15.4. The van der Waals surface area contributed by atoms with Gasteiger partial charge in [-0.15, -0.1) is 0 Å². The molecule has 0 fully saturated rings. The van der Waals surface area contributed by atoms with E-state index in [0.717, 1.165) is 16.7 Å². The predicted octanol–water partition coefficient (Wildman–Crippen LogP) is 3.85. The average Bonchev–Trinajstić information content (AvgIpc) is 3.27. The summed E-state index contributed by atoms with van der Waals surface area (Å²) in [6.45, 7) is 2.18. The summed E-state index contributed by atoms with van der Waals surface area (Å²) < 4.78 is 50.6. The van der Waals surface area contributed by atoms with Crippen molar-refractivity contribution in [3.05, 3.63) is 77.4 Å². The molecule has 1 heterocycles. The Morgan fingerprint density at radius 2 is 1.69 bits per heavy atom. The van der Waals surface area contributed by atoms with Gasteiger partial charge < -0.3 is 18.9 Å². The Bertz CT molecular complexity index is 1210. The number of ether oxygens (including phenoxy) is 4. The fourth-order valence-electron chi connectivity index (χ4n) is 3.64. The lowest BCUT2D eigenvalue weighted by Gasteiger charge is -2.22. The highest BCUT2D eigenvalue weighted by Crippen LogP contribution is 2.39. The van der Waals surface area contributed by atoms with Gasteiger partial charge in [-0.3, -0.25) is 0 Å². The van der Waals surface area contributed by atoms with Crippen molar-refractivity contribution in [2.75, 3.05) is 27.6 Å². The maximum atomic E-state index is 13.0. The molecule has 4 rings (SSSR count). The molecular weight excluding hydrogens is 430 g/mol. The molecule has 8 heteroatoms. The lowest BCUT2D eigenvalue weighted by Crippen LogP contribution is -2.29. The third-order valence-corrected chi connectivity index (χ3v) is 6.86. The SMILES string of the molecule is COc1ccc(OC)c(C(CNS(=O)(=O)c2ccc(C)cc2)c2ccc3c(c2)OCO3)c1. The molecule has 0 radical (unpaired) electrons. The monoisotopic (exact) mass is 455 g/mol. The van der Waals surface area contributed by atoms with Crippen LogP contribution in [0.15, 0.2) is 65.6 Å². The van der Waals surface area contributed by atoms with Crippen molar-refractivity contribution in [2.45, 2.75) is 17.7 Å². The number of hydrogen-bond donors (Lipinski definition) is 1. The topological polar surface area (TPSA) is 83.1 Å². The van der Waals surface area contributed by atoms with Gasteiger partial charge in [0, 0.05) is 18.0 Å². The van der Waals surface area contributed by atoms with E-state index in [1.165, 1.54) is 0 Å². The van der Waals surface area contributed by atoms with E-state index >= 15 is 0 Å². The van der Waals surface area contributed by atoms with Crippen molar-refractivity contribution in [3.63, 3.8) is 0 Å². The molecule has 1 N–H and O–H groups in total. The minimum Gasteiger partial charge on any atom is -0.497 e. The lowest BCUT2D eigenvalue weighted by atomic mass is 9.90. The molecule has 3 aromatic carbocycles. The fourth-order valence-corrected chi connectivity index (χ4v) is 4.69. The number of methoxy groups -OCH3 is 2. The Morgan fingerprint density at radius 3 is 2.41 bits per heavy atom. The van der Waals surface area contributed by atoms with Gasteiger partial charge in [0.25, 0.3) is 0 Å². The van der Waals surface area contributed by atoms with Gasteiger partial charge in [0.15, 0.2) is 11.5 Å². The molecule has 168 valence electrons. The second kappa shape index (κ2) is 9.10. The van der Waals surface area contributed by atoms with Crippen LogP contribution < -0.4 is 23.7 Å². The first kappa shape index (κ1) is 22.0. The first-order valence-corrected chi connectivity index (χ1v) is 11.6. The van der Waals surface area contributed by atoms with Gasteiger partial charge in [-0.2, -0.15) is 0 Å². The Kier molecular flexibility index (Phi) is 6.25. The summed E-state index contributed by atoms with van der Waals surface area (Å²) >= 11 is 0. The normalized spacial score (nSPS) is 13.6. The fraction of sp³-hybridized carbons (Fsp3) is 0.250. The summed E-state index contributed by atoms with van der Waals surface area (Å²) in [5, 5.41) is 0. The second-order valence-electron chi connectivity index (χ2n) is 7.44. The maximum absolute atomic E-state index is 13.0. The molecule has 0 saturated carbocycles. The third kappa shape index (κ3) is 4.51. The predicted molar refractivity (Wildman–Crippen MR) is 120 cm³/mol. The molecule has 1 aliphatic rings. The van der Waals surface area contributed by atoms with E-state index in [1.807, 2.05) is 37.3 Å². The standard InChI is InChI=1S/C24H25NO6S/c1-16-4-8-19(9-5-16)32(26,27)25-14-21(17-6-10-23-24(12-17)31-15-30-23)20-13-18(28-2)7-11-22(20)29-3/h4-13,21,25H,14-15H2,1-3H3. The Balaban J connectivity index is 1.72. The van der Waals surface area contributed by atoms with Crippen molar-refractivity contribution < 1.29 is 27.4 Å². The first-order valence-electron chi connectivity index (χ1n) is 10.1. The molecule has 1 aliphatic heterocycles. The molecule has 0 aliphatic carbocycles. The molecule has 0 spiro atoms. The molecule has 0 aromatic heterocycles. The van der Waals surface area contributed by atoms with Crippen LogP contribution in [0.5, 0.6) is 23.0 Å². The molecule has 1 atom stereocenters. The molecular formula is C24H25NO6S. The van der Waals surface area contributed by atoms with E-state index in [9.17, 15) is 8.42 Å². The Labute approximate surface area is 187 Å². The van der Waals surface area contributed by atoms with Crippen LogP contribution in [0.25, 0.3) is 0 Å². The molecule has 0 saturated heterocycles. The zero-order valence-electron chi connectivity index (χ0n) is 18.1. The van der Waals surface area contributed by atoms with Gasteiger partial charge >= 0.3 is 0 Å². The minimum absolute atomic E-state index is 0.110. The summed E-state index contributed by atoms with van der Waals surface area (Å²) in [7, 11) is -0.546. The summed E-state index contributed by atoms with van der Waals surface area (Å²) in [4.78, 5) is 0.213. The maximum Gasteiger partial charge on any atom is 0.240 e. The smallest absolute Gasteiger partial charge is 0.240 e. The van der Waals surface area contributed by atoms with Crippen molar-refractivity contribution in [3.8, 4) is 23.0 Å². The van der Waals surface area contributed by atoms with Gasteiger partial charge in [0.05, 0.1) is 19.1 Å². The average molecular weight is 456 g/mol. The quantitative estimate of drug-likeness (QED) is 0.556. The summed E-state index contributed by atoms with van der Waals surface area (Å²) in [5.74, 6) is 2.19. The molecule has 7 nitrogen and oxygen atoms in total. The van der Waals surface area contributed by atoms with Crippen LogP contribution in [-0.4, -0.2) is 36.0 Å². The highest BCUT2D eigenvalue weighted by atomic mass is 32.2. The number of nitrogens with one attached hydrogen (secondary N) is 1. The Hall–Kier alpha value is -3.23. The summed E-state index contributed by atoms with van der Waals surface area (Å²) in [6.07, 6.45) is 0. The number of benzene rings is 3. The summed E-state index contributed by atoms with van der Waals surface area (Å²) in [6, 6.07) is 17.8. The lowest BCUT2D eigenvalue weighted by molar-refractivity contribution is 0.174. The number of sulfonamides is 1. The summed E-state index contributed by atoms with van der Waals surface area (Å²) in [5.41, 5.74) is 2.63. The van der Waals surface area contributed by atoms with Crippen LogP contribution in [0.1, 0.15) is 22.6 Å². The van der Waals surface area contributed by atoms with E-state index in [4.69, 9.17) is 18.9 Å². The van der Waals surface area contributed by atoms with E-state index < -0.39 is 10.0 Å². The number of hydrogen-bond acceptors (Lipinski definition) is 6. The number of aryl methyl sites for hydroxylation is 1. The van der Waals surface area contributed by atoms with Crippen LogP contribution in [0.3, 0.4) is 0 Å². The highest BCUT2D eigenvalue weighted by molar-refractivity contribution is 7.89. The minimum atomic E-state index is -3.71. The van der Waals surface area contributed by atoms with Crippen LogP contribution in [0, 0.1) is 6.92 Å². The third-order valence-electron chi connectivity index (χ3n) is 5.42. The van der Waals surface area contributed by atoms with Crippen LogP contribution in [-0.2, 0) is 10.0 Å².